The Hall–Kier alpha value is -2.76. The third-order valence-electron chi connectivity index (χ3n) is 3.72. The molecule has 0 aromatic carbocycles. The normalized spacial score (nSPS) is 10.9. The molecule has 0 fully saturated rings. The van der Waals surface area contributed by atoms with Crippen LogP contribution in [-0.2, 0) is 24.3 Å². The lowest BCUT2D eigenvalue weighted by Crippen LogP contribution is -2.31. The molecule has 0 saturated carbocycles. The van der Waals surface area contributed by atoms with E-state index < -0.39 is 0 Å². The molecule has 0 spiro atoms. The number of carbonyl (C=O) groups is 1. The molecular formula is C17H18N2O4. The van der Waals surface area contributed by atoms with Gasteiger partial charge in [0, 0.05) is 5.56 Å². The van der Waals surface area contributed by atoms with E-state index in [0.717, 1.165) is 22.8 Å². The second-order valence-electron chi connectivity index (χ2n) is 5.39. The minimum Gasteiger partial charge on any atom is -0.467 e. The van der Waals surface area contributed by atoms with Crippen molar-refractivity contribution in [3.63, 3.8) is 0 Å². The SMILES string of the molecule is Cc1noc(C)c1CC(=O)N(Cc1ccco1)Cc1ccco1. The van der Waals surface area contributed by atoms with E-state index in [1.54, 1.807) is 29.6 Å². The molecule has 0 unspecified atom stereocenters. The van der Waals surface area contributed by atoms with Gasteiger partial charge in [-0.05, 0) is 38.1 Å². The van der Waals surface area contributed by atoms with Crippen LogP contribution in [0.4, 0.5) is 0 Å². The van der Waals surface area contributed by atoms with Crippen molar-refractivity contribution in [2.24, 2.45) is 0 Å². The zero-order chi connectivity index (χ0) is 16.2. The van der Waals surface area contributed by atoms with Gasteiger partial charge in [0.2, 0.25) is 5.91 Å². The van der Waals surface area contributed by atoms with Crippen LogP contribution >= 0.6 is 0 Å². The summed E-state index contributed by atoms with van der Waals surface area (Å²) in [6.07, 6.45) is 3.43. The third-order valence-corrected chi connectivity index (χ3v) is 3.72. The first-order chi connectivity index (χ1) is 11.1. The molecule has 0 aliphatic rings. The summed E-state index contributed by atoms with van der Waals surface area (Å²) in [6, 6.07) is 7.30. The predicted molar refractivity (Wildman–Crippen MR) is 81.4 cm³/mol. The van der Waals surface area contributed by atoms with Crippen molar-refractivity contribution in [1.82, 2.24) is 10.1 Å². The summed E-state index contributed by atoms with van der Waals surface area (Å²) in [6.45, 7) is 4.42. The highest BCUT2D eigenvalue weighted by atomic mass is 16.5. The molecule has 3 heterocycles. The zero-order valence-corrected chi connectivity index (χ0v) is 13.1. The highest BCUT2D eigenvalue weighted by molar-refractivity contribution is 5.79. The maximum absolute atomic E-state index is 12.7. The van der Waals surface area contributed by atoms with Crippen LogP contribution < -0.4 is 0 Å². The third kappa shape index (κ3) is 3.53. The molecule has 0 saturated heterocycles. The number of hydrogen-bond donors (Lipinski definition) is 0. The van der Waals surface area contributed by atoms with Crippen LogP contribution in [-0.4, -0.2) is 16.0 Å². The van der Waals surface area contributed by atoms with Gasteiger partial charge in [-0.15, -0.1) is 0 Å². The summed E-state index contributed by atoms with van der Waals surface area (Å²) in [5, 5.41) is 3.90. The molecule has 1 amide bonds. The predicted octanol–water partition coefficient (Wildman–Crippen LogP) is 3.25. The molecule has 3 aromatic heterocycles. The van der Waals surface area contributed by atoms with E-state index in [2.05, 4.69) is 5.16 Å². The highest BCUT2D eigenvalue weighted by Crippen LogP contribution is 2.17. The number of furan rings is 2. The van der Waals surface area contributed by atoms with Crippen LogP contribution in [0, 0.1) is 13.8 Å². The van der Waals surface area contributed by atoms with Crippen molar-refractivity contribution in [3.05, 3.63) is 65.3 Å². The number of amides is 1. The first-order valence-corrected chi connectivity index (χ1v) is 7.38. The largest absolute Gasteiger partial charge is 0.467 e. The van der Waals surface area contributed by atoms with Crippen LogP contribution in [0.3, 0.4) is 0 Å². The second-order valence-corrected chi connectivity index (χ2v) is 5.39. The Bertz CT molecular complexity index is 701. The number of nitrogens with zero attached hydrogens (tertiary/aromatic N) is 2. The summed E-state index contributed by atoms with van der Waals surface area (Å²) in [5.74, 6) is 2.09. The van der Waals surface area contributed by atoms with E-state index in [4.69, 9.17) is 13.4 Å². The van der Waals surface area contributed by atoms with Gasteiger partial charge in [0.25, 0.3) is 0 Å². The van der Waals surface area contributed by atoms with Crippen molar-refractivity contribution < 1.29 is 18.2 Å². The van der Waals surface area contributed by atoms with Crippen LogP contribution in [0.1, 0.15) is 28.5 Å². The molecule has 0 bridgehead atoms. The highest BCUT2D eigenvalue weighted by Gasteiger charge is 2.21. The average molecular weight is 314 g/mol. The number of aromatic nitrogens is 1. The van der Waals surface area contributed by atoms with E-state index in [9.17, 15) is 4.79 Å². The molecule has 23 heavy (non-hydrogen) atoms. The van der Waals surface area contributed by atoms with E-state index in [1.165, 1.54) is 0 Å². The second kappa shape index (κ2) is 6.56. The summed E-state index contributed by atoms with van der Waals surface area (Å²) in [5.41, 5.74) is 1.57. The van der Waals surface area contributed by atoms with Crippen molar-refractivity contribution >= 4 is 5.91 Å². The molecule has 120 valence electrons. The van der Waals surface area contributed by atoms with Gasteiger partial charge in [0.15, 0.2) is 0 Å². The maximum Gasteiger partial charge on any atom is 0.228 e. The van der Waals surface area contributed by atoms with E-state index >= 15 is 0 Å². The fourth-order valence-corrected chi connectivity index (χ4v) is 2.43. The molecule has 6 heteroatoms. The molecule has 3 aromatic rings. The van der Waals surface area contributed by atoms with Crippen LogP contribution in [0.15, 0.2) is 50.1 Å². The van der Waals surface area contributed by atoms with Gasteiger partial charge in [0.1, 0.15) is 17.3 Å². The van der Waals surface area contributed by atoms with Crippen LogP contribution in [0.2, 0.25) is 0 Å². The van der Waals surface area contributed by atoms with E-state index in [-0.39, 0.29) is 12.3 Å². The topological polar surface area (TPSA) is 72.6 Å². The monoisotopic (exact) mass is 314 g/mol. The lowest BCUT2D eigenvalue weighted by molar-refractivity contribution is -0.132. The first kappa shape index (κ1) is 15.1. The Kier molecular flexibility index (Phi) is 4.32. The molecule has 3 rings (SSSR count). The Labute approximate surface area is 133 Å². The standard InChI is InChI=1S/C17H18N2O4/c1-12-16(13(2)23-18-12)9-17(20)19(10-14-5-3-7-21-14)11-15-6-4-8-22-15/h3-8H,9-11H2,1-2H3. The van der Waals surface area contributed by atoms with Gasteiger partial charge in [-0.2, -0.15) is 0 Å². The lowest BCUT2D eigenvalue weighted by Gasteiger charge is -2.20. The molecule has 0 N–H and O–H groups in total. The summed E-state index contributed by atoms with van der Waals surface area (Å²) < 4.78 is 15.9. The van der Waals surface area contributed by atoms with Crippen molar-refractivity contribution in [2.45, 2.75) is 33.4 Å². The quantitative estimate of drug-likeness (QED) is 0.698. The minimum atomic E-state index is -0.0350. The fraction of sp³-hybridized carbons (Fsp3) is 0.294. The number of carbonyl (C=O) groups excluding carboxylic acids is 1. The van der Waals surface area contributed by atoms with Gasteiger partial charge >= 0.3 is 0 Å². The Morgan fingerprint density at radius 3 is 2.13 bits per heavy atom. The Morgan fingerprint density at radius 2 is 1.70 bits per heavy atom. The molecular weight excluding hydrogens is 296 g/mol. The van der Waals surface area contributed by atoms with E-state index in [0.29, 0.717) is 18.8 Å². The summed E-state index contributed by atoms with van der Waals surface area (Å²) in [4.78, 5) is 14.4. The minimum absolute atomic E-state index is 0.0350. The van der Waals surface area contributed by atoms with Gasteiger partial charge < -0.3 is 18.3 Å². The first-order valence-electron chi connectivity index (χ1n) is 7.38. The van der Waals surface area contributed by atoms with Gasteiger partial charge in [-0.1, -0.05) is 5.16 Å². The number of hydrogen-bond acceptors (Lipinski definition) is 5. The van der Waals surface area contributed by atoms with Gasteiger partial charge in [-0.25, -0.2) is 0 Å². The Morgan fingerprint density at radius 1 is 1.09 bits per heavy atom. The molecule has 0 radical (unpaired) electrons. The van der Waals surface area contributed by atoms with Gasteiger partial charge in [0.05, 0.1) is 37.7 Å². The summed E-state index contributed by atoms with van der Waals surface area (Å²) in [7, 11) is 0. The maximum atomic E-state index is 12.7. The van der Waals surface area contributed by atoms with Crippen LogP contribution in [0.5, 0.6) is 0 Å². The molecule has 6 nitrogen and oxygen atoms in total. The molecule has 0 aliphatic heterocycles. The summed E-state index contributed by atoms with van der Waals surface area (Å²) >= 11 is 0. The average Bonchev–Trinajstić information content (AvgIpc) is 3.26. The smallest absolute Gasteiger partial charge is 0.228 e. The lowest BCUT2D eigenvalue weighted by atomic mass is 10.1. The van der Waals surface area contributed by atoms with Crippen molar-refractivity contribution in [3.8, 4) is 0 Å². The van der Waals surface area contributed by atoms with Crippen molar-refractivity contribution in [1.29, 1.82) is 0 Å². The Balaban J connectivity index is 1.77. The molecule has 0 atom stereocenters. The van der Waals surface area contributed by atoms with E-state index in [1.807, 2.05) is 26.0 Å². The fourth-order valence-electron chi connectivity index (χ4n) is 2.43. The van der Waals surface area contributed by atoms with Crippen molar-refractivity contribution in [2.75, 3.05) is 0 Å². The number of aryl methyl sites for hydroxylation is 2. The van der Waals surface area contributed by atoms with Gasteiger partial charge in [-0.3, -0.25) is 4.79 Å². The zero-order valence-electron chi connectivity index (χ0n) is 13.1. The van der Waals surface area contributed by atoms with Crippen LogP contribution in [0.25, 0.3) is 0 Å². The number of rotatable bonds is 6. The molecule has 0 aliphatic carbocycles.